The molecule has 1 aliphatic heterocycles. The molecule has 1 aromatic carbocycles. The number of nitrogens with zero attached hydrogens (tertiary/aromatic N) is 1. The summed E-state index contributed by atoms with van der Waals surface area (Å²) in [6.45, 7) is 0.987. The summed E-state index contributed by atoms with van der Waals surface area (Å²) in [5.74, 6) is -0.725. The molecular weight excluding hydrogens is 325 g/mol. The first-order chi connectivity index (χ1) is 11.3. The van der Waals surface area contributed by atoms with Gasteiger partial charge in [0.2, 0.25) is 5.43 Å². The fourth-order valence-corrected chi connectivity index (χ4v) is 2.76. The summed E-state index contributed by atoms with van der Waals surface area (Å²) in [4.78, 5) is 28.9. The standard InChI is InChI=1S/C16H15F3N2O3/c1-9-3-2-4-10-13(9)20-7-11(14(10)22)15(23)21-5-6-24-12(8-21)16(17,18)19/h2-4,7,12H,5-6,8H2,1H3,(H,20,22). The first-order valence-electron chi connectivity index (χ1n) is 7.37. The molecule has 128 valence electrons. The molecule has 24 heavy (non-hydrogen) atoms. The maximum atomic E-state index is 12.8. The number of halogens is 3. The lowest BCUT2D eigenvalue weighted by Crippen LogP contribution is -2.51. The molecule has 2 heterocycles. The molecule has 0 bridgehead atoms. The zero-order valence-electron chi connectivity index (χ0n) is 12.8. The van der Waals surface area contributed by atoms with Crippen LogP contribution in [0.2, 0.25) is 0 Å². The second-order valence-electron chi connectivity index (χ2n) is 5.68. The first kappa shape index (κ1) is 16.5. The minimum absolute atomic E-state index is 0.0106. The van der Waals surface area contributed by atoms with E-state index in [2.05, 4.69) is 9.72 Å². The molecule has 1 unspecified atom stereocenters. The van der Waals surface area contributed by atoms with Gasteiger partial charge >= 0.3 is 6.18 Å². The maximum Gasteiger partial charge on any atom is 0.416 e. The number of aromatic nitrogens is 1. The molecule has 1 aromatic heterocycles. The number of carbonyl (C=O) groups is 1. The van der Waals surface area contributed by atoms with Crippen molar-refractivity contribution in [3.8, 4) is 0 Å². The number of ether oxygens (including phenoxy) is 1. The number of aromatic amines is 1. The number of aryl methyl sites for hydroxylation is 1. The van der Waals surface area contributed by atoms with Gasteiger partial charge in [-0.15, -0.1) is 0 Å². The molecule has 1 aliphatic rings. The number of hydrogen-bond donors (Lipinski definition) is 1. The Morgan fingerprint density at radius 2 is 2.12 bits per heavy atom. The van der Waals surface area contributed by atoms with Crippen molar-refractivity contribution >= 4 is 16.8 Å². The molecule has 3 rings (SSSR count). The third kappa shape index (κ3) is 2.89. The van der Waals surface area contributed by atoms with E-state index in [1.54, 1.807) is 12.1 Å². The van der Waals surface area contributed by atoms with E-state index >= 15 is 0 Å². The van der Waals surface area contributed by atoms with Crippen LogP contribution < -0.4 is 5.43 Å². The van der Waals surface area contributed by atoms with Crippen LogP contribution in [-0.2, 0) is 4.74 Å². The summed E-state index contributed by atoms with van der Waals surface area (Å²) in [6.07, 6.45) is -5.32. The van der Waals surface area contributed by atoms with Crippen molar-refractivity contribution in [3.63, 3.8) is 0 Å². The van der Waals surface area contributed by atoms with Crippen LogP contribution in [0, 0.1) is 6.92 Å². The fraction of sp³-hybridized carbons (Fsp3) is 0.375. The highest BCUT2D eigenvalue weighted by Crippen LogP contribution is 2.26. The highest BCUT2D eigenvalue weighted by atomic mass is 19.4. The minimum Gasteiger partial charge on any atom is -0.365 e. The molecule has 1 atom stereocenters. The number of amides is 1. The van der Waals surface area contributed by atoms with Gasteiger partial charge in [-0.2, -0.15) is 13.2 Å². The highest BCUT2D eigenvalue weighted by Gasteiger charge is 2.44. The van der Waals surface area contributed by atoms with Gasteiger partial charge in [0.25, 0.3) is 5.91 Å². The van der Waals surface area contributed by atoms with Crippen LogP contribution in [0.3, 0.4) is 0 Å². The normalized spacial score (nSPS) is 18.8. The van der Waals surface area contributed by atoms with Crippen LogP contribution in [0.25, 0.3) is 10.9 Å². The Morgan fingerprint density at radius 1 is 1.38 bits per heavy atom. The number of carbonyl (C=O) groups excluding carboxylic acids is 1. The molecule has 0 aliphatic carbocycles. The second kappa shape index (κ2) is 5.94. The van der Waals surface area contributed by atoms with Crippen LogP contribution in [0.4, 0.5) is 13.2 Å². The number of hydrogen-bond acceptors (Lipinski definition) is 3. The molecule has 1 fully saturated rings. The summed E-state index contributed by atoms with van der Waals surface area (Å²) in [5.41, 5.74) is 0.782. The van der Waals surface area contributed by atoms with E-state index in [1.165, 1.54) is 6.20 Å². The number of morpholine rings is 1. The van der Waals surface area contributed by atoms with E-state index in [9.17, 15) is 22.8 Å². The smallest absolute Gasteiger partial charge is 0.365 e. The molecule has 5 nitrogen and oxygen atoms in total. The topological polar surface area (TPSA) is 62.4 Å². The summed E-state index contributed by atoms with van der Waals surface area (Å²) < 4.78 is 43.0. The first-order valence-corrected chi connectivity index (χ1v) is 7.37. The molecule has 0 spiro atoms. The Balaban J connectivity index is 1.94. The van der Waals surface area contributed by atoms with Gasteiger partial charge in [-0.3, -0.25) is 9.59 Å². The van der Waals surface area contributed by atoms with Crippen LogP contribution in [-0.4, -0.2) is 47.8 Å². The molecule has 2 aromatic rings. The van der Waals surface area contributed by atoms with Crippen LogP contribution in [0.1, 0.15) is 15.9 Å². The van der Waals surface area contributed by atoms with Crippen molar-refractivity contribution in [1.29, 1.82) is 0 Å². The lowest BCUT2D eigenvalue weighted by atomic mass is 10.1. The fourth-order valence-electron chi connectivity index (χ4n) is 2.76. The van der Waals surface area contributed by atoms with Crippen molar-refractivity contribution in [2.45, 2.75) is 19.2 Å². The molecule has 1 saturated heterocycles. The Morgan fingerprint density at radius 3 is 2.83 bits per heavy atom. The van der Waals surface area contributed by atoms with Gasteiger partial charge in [-0.25, -0.2) is 0 Å². The number of fused-ring (bicyclic) bond motifs is 1. The average molecular weight is 340 g/mol. The number of benzene rings is 1. The van der Waals surface area contributed by atoms with Crippen molar-refractivity contribution in [1.82, 2.24) is 9.88 Å². The summed E-state index contributed by atoms with van der Waals surface area (Å²) in [6, 6.07) is 5.08. The monoisotopic (exact) mass is 340 g/mol. The van der Waals surface area contributed by atoms with E-state index in [4.69, 9.17) is 0 Å². The van der Waals surface area contributed by atoms with Gasteiger partial charge in [0.05, 0.1) is 18.7 Å². The third-order valence-corrected chi connectivity index (χ3v) is 4.07. The number of nitrogens with one attached hydrogen (secondary N) is 1. The number of para-hydroxylation sites is 1. The highest BCUT2D eigenvalue weighted by molar-refractivity contribution is 5.97. The summed E-state index contributed by atoms with van der Waals surface area (Å²) in [5, 5.41) is 0.335. The third-order valence-electron chi connectivity index (χ3n) is 4.07. The van der Waals surface area contributed by atoms with Crippen LogP contribution in [0.5, 0.6) is 0 Å². The van der Waals surface area contributed by atoms with E-state index in [-0.39, 0.29) is 18.7 Å². The molecule has 0 saturated carbocycles. The van der Waals surface area contributed by atoms with Crippen molar-refractivity contribution in [3.05, 3.63) is 45.7 Å². The number of H-pyrrole nitrogens is 1. The summed E-state index contributed by atoms with van der Waals surface area (Å²) in [7, 11) is 0. The zero-order valence-corrected chi connectivity index (χ0v) is 12.8. The van der Waals surface area contributed by atoms with E-state index in [1.807, 2.05) is 13.0 Å². The van der Waals surface area contributed by atoms with Gasteiger partial charge in [0, 0.05) is 18.1 Å². The summed E-state index contributed by atoms with van der Waals surface area (Å²) >= 11 is 0. The molecule has 0 radical (unpaired) electrons. The van der Waals surface area contributed by atoms with Gasteiger partial charge in [-0.05, 0) is 18.6 Å². The van der Waals surface area contributed by atoms with Crippen LogP contribution >= 0.6 is 0 Å². The lowest BCUT2D eigenvalue weighted by Gasteiger charge is -2.33. The lowest BCUT2D eigenvalue weighted by molar-refractivity contribution is -0.233. The quantitative estimate of drug-likeness (QED) is 0.866. The van der Waals surface area contributed by atoms with Crippen LogP contribution in [0.15, 0.2) is 29.2 Å². The second-order valence-corrected chi connectivity index (χ2v) is 5.68. The minimum atomic E-state index is -4.55. The Bertz CT molecular complexity index is 845. The molecule has 8 heteroatoms. The van der Waals surface area contributed by atoms with Crippen molar-refractivity contribution in [2.24, 2.45) is 0 Å². The Hall–Kier alpha value is -2.35. The Labute approximate surface area is 135 Å². The average Bonchev–Trinajstić information content (AvgIpc) is 2.55. The van der Waals surface area contributed by atoms with Crippen molar-refractivity contribution < 1.29 is 22.7 Å². The van der Waals surface area contributed by atoms with Crippen molar-refractivity contribution in [2.75, 3.05) is 19.7 Å². The number of alkyl halides is 3. The van der Waals surface area contributed by atoms with Gasteiger partial charge < -0.3 is 14.6 Å². The predicted octanol–water partition coefficient (Wildman–Crippen LogP) is 2.24. The van der Waals surface area contributed by atoms with E-state index in [0.29, 0.717) is 10.9 Å². The zero-order chi connectivity index (χ0) is 17.5. The molecule has 1 N–H and O–H groups in total. The van der Waals surface area contributed by atoms with Gasteiger partial charge in [0.1, 0.15) is 5.56 Å². The molecule has 1 amide bonds. The molecular formula is C16H15F3N2O3. The number of rotatable bonds is 1. The maximum absolute atomic E-state index is 12.8. The largest absolute Gasteiger partial charge is 0.416 e. The van der Waals surface area contributed by atoms with E-state index in [0.717, 1.165) is 10.5 Å². The van der Waals surface area contributed by atoms with Gasteiger partial charge in [-0.1, -0.05) is 12.1 Å². The SMILES string of the molecule is Cc1cccc2c(=O)c(C(=O)N3CCOC(C(F)(F)F)C3)c[nH]c12. The van der Waals surface area contributed by atoms with E-state index < -0.39 is 30.2 Å². The predicted molar refractivity (Wildman–Crippen MR) is 81.0 cm³/mol. The Kier molecular flexibility index (Phi) is 4.08. The number of pyridine rings is 1. The van der Waals surface area contributed by atoms with Gasteiger partial charge in [0.15, 0.2) is 6.10 Å².